The third-order valence-corrected chi connectivity index (χ3v) is 4.66. The van der Waals surface area contributed by atoms with E-state index in [-0.39, 0.29) is 18.9 Å². The normalized spacial score (nSPS) is 12.2. The number of ether oxygens (including phenoxy) is 1. The lowest BCUT2D eigenvalue weighted by Crippen LogP contribution is -2.30. The second kappa shape index (κ2) is 9.68. The summed E-state index contributed by atoms with van der Waals surface area (Å²) >= 11 is 5.87. The van der Waals surface area contributed by atoms with Gasteiger partial charge >= 0.3 is 5.97 Å². The summed E-state index contributed by atoms with van der Waals surface area (Å²) in [7, 11) is -3.54. The van der Waals surface area contributed by atoms with Crippen LogP contribution in [0.25, 0.3) is 0 Å². The summed E-state index contributed by atoms with van der Waals surface area (Å²) in [6.07, 6.45) is 0.913. The third-order valence-electron chi connectivity index (χ3n) is 3.70. The van der Waals surface area contributed by atoms with Gasteiger partial charge in [0.25, 0.3) is 0 Å². The lowest BCUT2D eigenvalue weighted by molar-refractivity contribution is -0.116. The minimum atomic E-state index is -3.54. The largest absolute Gasteiger partial charge is 0.462 e. The molecule has 7 nitrogen and oxygen atoms in total. The van der Waals surface area contributed by atoms with Crippen molar-refractivity contribution < 1.29 is 22.7 Å². The molecule has 0 spiro atoms. The van der Waals surface area contributed by atoms with E-state index in [9.17, 15) is 18.0 Å². The summed E-state index contributed by atoms with van der Waals surface area (Å²) in [5.41, 5.74) is 1.47. The standard InChI is InChI=1S/C19H21ClN2O5S/c1-3-27-19(24)14-6-10-16(11-7-14)21-18(23)12-17(22-28(2,25)26)13-4-8-15(20)9-5-13/h4-11,17,22H,3,12H2,1-2H3,(H,21,23). The summed E-state index contributed by atoms with van der Waals surface area (Å²) in [5, 5.41) is 3.19. The molecule has 0 aliphatic rings. The van der Waals surface area contributed by atoms with Gasteiger partial charge in [-0.15, -0.1) is 0 Å². The van der Waals surface area contributed by atoms with Gasteiger partial charge in [0, 0.05) is 17.1 Å². The number of amides is 1. The van der Waals surface area contributed by atoms with Gasteiger partial charge in [-0.05, 0) is 48.9 Å². The van der Waals surface area contributed by atoms with E-state index < -0.39 is 22.0 Å². The van der Waals surface area contributed by atoms with Crippen LogP contribution < -0.4 is 10.0 Å². The van der Waals surface area contributed by atoms with Crippen molar-refractivity contribution in [2.45, 2.75) is 19.4 Å². The Morgan fingerprint density at radius 2 is 1.68 bits per heavy atom. The predicted octanol–water partition coefficient (Wildman–Crippen LogP) is 3.14. The van der Waals surface area contributed by atoms with Crippen molar-refractivity contribution in [1.82, 2.24) is 4.72 Å². The van der Waals surface area contributed by atoms with Gasteiger partial charge in [0.2, 0.25) is 15.9 Å². The fourth-order valence-electron chi connectivity index (χ4n) is 2.48. The van der Waals surface area contributed by atoms with Gasteiger partial charge in [-0.25, -0.2) is 17.9 Å². The molecule has 28 heavy (non-hydrogen) atoms. The Labute approximate surface area is 169 Å². The highest BCUT2D eigenvalue weighted by atomic mass is 35.5. The maximum absolute atomic E-state index is 12.4. The van der Waals surface area contributed by atoms with Crippen LogP contribution in [0.2, 0.25) is 5.02 Å². The van der Waals surface area contributed by atoms with E-state index in [1.54, 1.807) is 55.5 Å². The summed E-state index contributed by atoms with van der Waals surface area (Å²) in [6, 6.07) is 12.1. The van der Waals surface area contributed by atoms with Crippen LogP contribution in [0.4, 0.5) is 5.69 Å². The Balaban J connectivity index is 2.08. The molecule has 0 aliphatic carbocycles. The number of hydrogen-bond donors (Lipinski definition) is 2. The zero-order chi connectivity index (χ0) is 20.7. The highest BCUT2D eigenvalue weighted by Crippen LogP contribution is 2.21. The molecule has 0 saturated heterocycles. The highest BCUT2D eigenvalue weighted by Gasteiger charge is 2.20. The molecule has 0 heterocycles. The van der Waals surface area contributed by atoms with Gasteiger partial charge in [-0.3, -0.25) is 4.79 Å². The van der Waals surface area contributed by atoms with E-state index in [0.29, 0.717) is 21.8 Å². The molecule has 0 radical (unpaired) electrons. The first-order valence-corrected chi connectivity index (χ1v) is 10.7. The number of anilines is 1. The van der Waals surface area contributed by atoms with Gasteiger partial charge in [0.15, 0.2) is 0 Å². The third kappa shape index (κ3) is 6.95. The van der Waals surface area contributed by atoms with Crippen LogP contribution in [-0.2, 0) is 19.6 Å². The van der Waals surface area contributed by atoms with Crippen LogP contribution in [0, 0.1) is 0 Å². The SMILES string of the molecule is CCOC(=O)c1ccc(NC(=O)CC(NS(C)(=O)=O)c2ccc(Cl)cc2)cc1. The molecule has 0 aliphatic heterocycles. The number of hydrogen-bond acceptors (Lipinski definition) is 5. The van der Waals surface area contributed by atoms with Crippen molar-refractivity contribution in [1.29, 1.82) is 0 Å². The molecule has 0 fully saturated rings. The molecular formula is C19H21ClN2O5S. The Morgan fingerprint density at radius 3 is 2.21 bits per heavy atom. The minimum absolute atomic E-state index is 0.117. The van der Waals surface area contributed by atoms with E-state index in [1.165, 1.54) is 0 Å². The first-order valence-electron chi connectivity index (χ1n) is 8.47. The number of esters is 1. The minimum Gasteiger partial charge on any atom is -0.462 e. The van der Waals surface area contributed by atoms with Crippen LogP contribution in [-0.4, -0.2) is 33.2 Å². The Hall–Kier alpha value is -2.42. The molecule has 9 heteroatoms. The monoisotopic (exact) mass is 424 g/mol. The van der Waals surface area contributed by atoms with Gasteiger partial charge in [-0.1, -0.05) is 23.7 Å². The Bertz CT molecular complexity index is 928. The first kappa shape index (κ1) is 21.9. The zero-order valence-electron chi connectivity index (χ0n) is 15.4. The van der Waals surface area contributed by atoms with Crippen molar-refractivity contribution in [3.05, 3.63) is 64.7 Å². The predicted molar refractivity (Wildman–Crippen MR) is 108 cm³/mol. The second-order valence-corrected chi connectivity index (χ2v) is 8.26. The van der Waals surface area contributed by atoms with Gasteiger partial charge in [0.1, 0.15) is 0 Å². The van der Waals surface area contributed by atoms with E-state index in [1.807, 2.05) is 0 Å². The molecular weight excluding hydrogens is 404 g/mol. The molecule has 2 N–H and O–H groups in total. The van der Waals surface area contributed by atoms with Crippen molar-refractivity contribution in [2.75, 3.05) is 18.2 Å². The average molecular weight is 425 g/mol. The van der Waals surface area contributed by atoms with Crippen LogP contribution in [0.15, 0.2) is 48.5 Å². The number of carbonyl (C=O) groups is 2. The van der Waals surface area contributed by atoms with Crippen LogP contribution in [0.3, 0.4) is 0 Å². The Morgan fingerprint density at radius 1 is 1.07 bits per heavy atom. The zero-order valence-corrected chi connectivity index (χ0v) is 17.0. The number of sulfonamides is 1. The molecule has 150 valence electrons. The van der Waals surface area contributed by atoms with Crippen molar-refractivity contribution in [3.63, 3.8) is 0 Å². The van der Waals surface area contributed by atoms with Crippen LogP contribution >= 0.6 is 11.6 Å². The van der Waals surface area contributed by atoms with Crippen molar-refractivity contribution in [2.24, 2.45) is 0 Å². The van der Waals surface area contributed by atoms with E-state index in [0.717, 1.165) is 6.26 Å². The summed E-state index contributed by atoms with van der Waals surface area (Å²) in [4.78, 5) is 24.1. The Kier molecular flexibility index (Phi) is 7.56. The van der Waals surface area contributed by atoms with E-state index in [4.69, 9.17) is 16.3 Å². The molecule has 2 aromatic rings. The maximum Gasteiger partial charge on any atom is 0.338 e. The average Bonchev–Trinajstić information content (AvgIpc) is 2.61. The van der Waals surface area contributed by atoms with Gasteiger partial charge < -0.3 is 10.1 Å². The fourth-order valence-corrected chi connectivity index (χ4v) is 3.34. The topological polar surface area (TPSA) is 102 Å². The quantitative estimate of drug-likeness (QED) is 0.634. The van der Waals surface area contributed by atoms with E-state index >= 15 is 0 Å². The van der Waals surface area contributed by atoms with Gasteiger partial charge in [0.05, 0.1) is 24.5 Å². The van der Waals surface area contributed by atoms with Crippen molar-refractivity contribution in [3.8, 4) is 0 Å². The molecule has 1 unspecified atom stereocenters. The number of halogens is 1. The summed E-state index contributed by atoms with van der Waals surface area (Å²) in [6.45, 7) is 1.99. The fraction of sp³-hybridized carbons (Fsp3) is 0.263. The lowest BCUT2D eigenvalue weighted by Gasteiger charge is -2.18. The first-order chi connectivity index (χ1) is 13.2. The summed E-state index contributed by atoms with van der Waals surface area (Å²) in [5.74, 6) is -0.833. The number of carbonyl (C=O) groups excluding carboxylic acids is 2. The molecule has 0 bridgehead atoms. The highest BCUT2D eigenvalue weighted by molar-refractivity contribution is 7.88. The number of benzene rings is 2. The molecule has 1 atom stereocenters. The molecule has 2 rings (SSSR count). The van der Waals surface area contributed by atoms with Crippen LogP contribution in [0.5, 0.6) is 0 Å². The molecule has 1 amide bonds. The van der Waals surface area contributed by atoms with Gasteiger partial charge in [-0.2, -0.15) is 0 Å². The number of rotatable bonds is 8. The molecule has 0 saturated carbocycles. The molecule has 0 aromatic heterocycles. The lowest BCUT2D eigenvalue weighted by atomic mass is 10.0. The molecule has 2 aromatic carbocycles. The number of nitrogens with one attached hydrogen (secondary N) is 2. The maximum atomic E-state index is 12.4. The summed E-state index contributed by atoms with van der Waals surface area (Å²) < 4.78 is 30.7. The smallest absolute Gasteiger partial charge is 0.338 e. The van der Waals surface area contributed by atoms with Crippen LogP contribution in [0.1, 0.15) is 35.3 Å². The van der Waals surface area contributed by atoms with Crippen molar-refractivity contribution >= 4 is 39.2 Å². The van der Waals surface area contributed by atoms with E-state index in [2.05, 4.69) is 10.0 Å². The second-order valence-electron chi connectivity index (χ2n) is 6.04.